The first-order valence-corrected chi connectivity index (χ1v) is 10.9. The molecule has 0 atom stereocenters. The molecule has 2 N–H and O–H groups in total. The summed E-state index contributed by atoms with van der Waals surface area (Å²) in [5.74, 6) is 0.966. The molecule has 4 rings (SSSR count). The van der Waals surface area contributed by atoms with E-state index < -0.39 is 0 Å². The number of rotatable bonds is 6. The number of nitrogens with zero attached hydrogens (tertiary/aromatic N) is 1. The highest BCUT2D eigenvalue weighted by atomic mass is 35.5. The predicted octanol–water partition coefficient (Wildman–Crippen LogP) is 4.21. The Balaban J connectivity index is 1.59. The number of carbonyl (C=O) groups is 1. The van der Waals surface area contributed by atoms with Crippen LogP contribution in [0.2, 0.25) is 5.02 Å². The van der Waals surface area contributed by atoms with Gasteiger partial charge in [0.15, 0.2) is 15.5 Å². The number of H-pyrrole nitrogens is 1. The largest absolute Gasteiger partial charge is 0.493 e. The van der Waals surface area contributed by atoms with Crippen LogP contribution in [0.3, 0.4) is 0 Å². The smallest absolute Gasteiger partial charge is 0.265 e. The molecule has 0 unspecified atom stereocenters. The number of amides is 1. The van der Waals surface area contributed by atoms with Crippen LogP contribution in [0.4, 0.5) is 0 Å². The molecule has 2 heterocycles. The minimum atomic E-state index is -0.309. The lowest BCUT2D eigenvalue weighted by Crippen LogP contribution is -2.25. The van der Waals surface area contributed by atoms with E-state index in [2.05, 4.69) is 10.3 Å². The van der Waals surface area contributed by atoms with Crippen LogP contribution in [0.25, 0.3) is 16.6 Å². The molecule has 0 aliphatic rings. The van der Waals surface area contributed by atoms with Gasteiger partial charge in [-0.15, -0.1) is 0 Å². The molecule has 0 bridgehead atoms. The third-order valence-corrected chi connectivity index (χ3v) is 6.45. The first-order valence-electron chi connectivity index (χ1n) is 9.29. The van der Waals surface area contributed by atoms with Gasteiger partial charge in [0.25, 0.3) is 11.5 Å². The fraction of sp³-hybridized carbons (Fsp3) is 0.190. The number of aromatic amines is 1. The van der Waals surface area contributed by atoms with E-state index >= 15 is 0 Å². The quantitative estimate of drug-likeness (QED) is 0.408. The zero-order valence-electron chi connectivity index (χ0n) is 16.7. The van der Waals surface area contributed by atoms with Crippen molar-refractivity contribution < 1.29 is 14.3 Å². The molecule has 160 valence electrons. The molecular formula is C21H18ClN3O4S2. The molecule has 4 aromatic rings. The lowest BCUT2D eigenvalue weighted by atomic mass is 10.1. The van der Waals surface area contributed by atoms with Crippen molar-refractivity contribution in [2.75, 3.05) is 20.8 Å². The molecule has 0 aliphatic heterocycles. The van der Waals surface area contributed by atoms with Crippen LogP contribution in [0.15, 0.2) is 41.2 Å². The summed E-state index contributed by atoms with van der Waals surface area (Å²) in [6.45, 7) is 0.398. The molecule has 0 saturated heterocycles. The third-order valence-electron chi connectivity index (χ3n) is 4.84. The van der Waals surface area contributed by atoms with Crippen LogP contribution in [0.1, 0.15) is 15.2 Å². The van der Waals surface area contributed by atoms with Crippen LogP contribution in [-0.4, -0.2) is 36.1 Å². The highest BCUT2D eigenvalue weighted by Crippen LogP contribution is 2.28. The molecule has 2 aromatic carbocycles. The minimum absolute atomic E-state index is 0.307. The van der Waals surface area contributed by atoms with Gasteiger partial charge in [0.1, 0.15) is 10.5 Å². The fourth-order valence-electron chi connectivity index (χ4n) is 3.35. The van der Waals surface area contributed by atoms with Gasteiger partial charge in [0, 0.05) is 11.6 Å². The molecule has 7 nitrogen and oxygen atoms in total. The van der Waals surface area contributed by atoms with Crippen LogP contribution < -0.4 is 20.3 Å². The van der Waals surface area contributed by atoms with Gasteiger partial charge in [-0.2, -0.15) is 0 Å². The number of halogens is 1. The van der Waals surface area contributed by atoms with E-state index in [1.165, 1.54) is 0 Å². The maximum Gasteiger partial charge on any atom is 0.265 e. The number of methoxy groups -OCH3 is 2. The fourth-order valence-corrected chi connectivity index (χ4v) is 4.82. The van der Waals surface area contributed by atoms with Crippen LogP contribution in [-0.2, 0) is 6.42 Å². The van der Waals surface area contributed by atoms with Crippen LogP contribution in [0.5, 0.6) is 11.5 Å². The van der Waals surface area contributed by atoms with Gasteiger partial charge < -0.3 is 19.8 Å². The molecular weight excluding hydrogens is 458 g/mol. The summed E-state index contributed by atoms with van der Waals surface area (Å²) in [7, 11) is 3.16. The van der Waals surface area contributed by atoms with Gasteiger partial charge in [-0.3, -0.25) is 14.0 Å². The molecule has 0 radical (unpaired) electrons. The summed E-state index contributed by atoms with van der Waals surface area (Å²) in [5.41, 5.74) is 1.61. The maximum atomic E-state index is 12.8. The zero-order chi connectivity index (χ0) is 22.1. The number of benzene rings is 2. The number of nitrogens with one attached hydrogen (secondary N) is 2. The van der Waals surface area contributed by atoms with Gasteiger partial charge >= 0.3 is 0 Å². The van der Waals surface area contributed by atoms with Gasteiger partial charge in [-0.1, -0.05) is 29.0 Å². The lowest BCUT2D eigenvalue weighted by molar-refractivity contribution is 0.0959. The topological polar surface area (TPSA) is 84.8 Å². The Morgan fingerprint density at radius 1 is 1.19 bits per heavy atom. The van der Waals surface area contributed by atoms with Gasteiger partial charge in [0.2, 0.25) is 0 Å². The highest BCUT2D eigenvalue weighted by molar-refractivity contribution is 7.73. The Labute approximate surface area is 191 Å². The molecule has 0 spiro atoms. The third kappa shape index (κ3) is 4.04. The Morgan fingerprint density at radius 2 is 1.97 bits per heavy atom. The van der Waals surface area contributed by atoms with E-state index in [1.807, 2.05) is 18.2 Å². The molecule has 31 heavy (non-hydrogen) atoms. The van der Waals surface area contributed by atoms with Crippen LogP contribution in [0, 0.1) is 3.95 Å². The second-order valence-corrected chi connectivity index (χ2v) is 8.77. The van der Waals surface area contributed by atoms with E-state index in [4.69, 9.17) is 33.3 Å². The van der Waals surface area contributed by atoms with Crippen molar-refractivity contribution in [2.24, 2.45) is 0 Å². The number of thiazole rings is 1. The average molecular weight is 476 g/mol. The number of carbonyl (C=O) groups excluding carboxylic acids is 1. The normalized spacial score (nSPS) is 11.1. The van der Waals surface area contributed by atoms with Crippen molar-refractivity contribution in [3.8, 4) is 11.5 Å². The lowest BCUT2D eigenvalue weighted by Gasteiger charge is -2.10. The predicted molar refractivity (Wildman–Crippen MR) is 125 cm³/mol. The second kappa shape index (κ2) is 8.70. The molecule has 0 saturated carbocycles. The summed E-state index contributed by atoms with van der Waals surface area (Å²) in [6, 6.07) is 10.6. The van der Waals surface area contributed by atoms with Crippen molar-refractivity contribution in [2.45, 2.75) is 6.42 Å². The number of hydrogen-bond acceptors (Lipinski definition) is 6. The summed E-state index contributed by atoms with van der Waals surface area (Å²) in [5, 5.41) is 3.82. The Bertz CT molecular complexity index is 1420. The van der Waals surface area contributed by atoms with E-state index in [0.29, 0.717) is 54.9 Å². The molecule has 0 aliphatic carbocycles. The molecule has 2 aromatic heterocycles. The second-order valence-electron chi connectivity index (χ2n) is 6.69. The first-order chi connectivity index (χ1) is 14.9. The number of aromatic nitrogens is 2. The Morgan fingerprint density at radius 3 is 2.71 bits per heavy atom. The standard InChI is InChI=1S/C21H18ClN3O4S2/c1-28-15-6-3-11(9-16(15)29-2)7-8-23-20(27)17-18-24-19(26)13-5-4-12(22)10-14(13)25(18)21(30)31-17/h3-6,9-10H,7-8H2,1-2H3,(H,23,27)(H,24,26). The number of fused-ring (bicyclic) bond motifs is 3. The molecule has 0 fully saturated rings. The van der Waals surface area contributed by atoms with Crippen molar-refractivity contribution >= 4 is 57.6 Å². The van der Waals surface area contributed by atoms with Crippen LogP contribution >= 0.6 is 35.2 Å². The van der Waals surface area contributed by atoms with E-state index in [0.717, 1.165) is 16.9 Å². The first kappa shape index (κ1) is 21.4. The van der Waals surface area contributed by atoms with Crippen molar-refractivity contribution in [1.29, 1.82) is 0 Å². The summed E-state index contributed by atoms with van der Waals surface area (Å²) in [6.07, 6.45) is 0.596. The average Bonchev–Trinajstić information content (AvgIpc) is 3.09. The van der Waals surface area contributed by atoms with Crippen molar-refractivity contribution in [3.63, 3.8) is 0 Å². The monoisotopic (exact) mass is 475 g/mol. The van der Waals surface area contributed by atoms with E-state index in [1.54, 1.807) is 36.8 Å². The minimum Gasteiger partial charge on any atom is -0.493 e. The van der Waals surface area contributed by atoms with Crippen molar-refractivity contribution in [1.82, 2.24) is 14.7 Å². The van der Waals surface area contributed by atoms with Gasteiger partial charge in [0.05, 0.1) is 25.1 Å². The van der Waals surface area contributed by atoms with E-state index in [9.17, 15) is 9.59 Å². The molecule has 1 amide bonds. The Hall–Kier alpha value is -2.88. The zero-order valence-corrected chi connectivity index (χ0v) is 19.0. The SMILES string of the molecule is COc1ccc(CCNC(=O)c2sc(=S)n3c2[nH]c(=O)c2ccc(Cl)cc23)cc1OC. The van der Waals surface area contributed by atoms with E-state index in [-0.39, 0.29) is 11.5 Å². The number of ether oxygens (including phenoxy) is 2. The van der Waals surface area contributed by atoms with Gasteiger partial charge in [-0.05, 0) is 54.5 Å². The summed E-state index contributed by atoms with van der Waals surface area (Å²) in [4.78, 5) is 28.5. The maximum absolute atomic E-state index is 12.8. The van der Waals surface area contributed by atoms with Crippen molar-refractivity contribution in [3.05, 3.63) is 66.2 Å². The highest BCUT2D eigenvalue weighted by Gasteiger charge is 2.18. The van der Waals surface area contributed by atoms with Gasteiger partial charge in [-0.25, -0.2) is 0 Å². The molecule has 10 heteroatoms. The number of hydrogen-bond donors (Lipinski definition) is 2. The summed E-state index contributed by atoms with van der Waals surface area (Å²) < 4.78 is 12.7. The Kier molecular flexibility index (Phi) is 5.99. The summed E-state index contributed by atoms with van der Waals surface area (Å²) >= 11 is 12.7.